The smallest absolute Gasteiger partial charge is 0.325 e. The average molecular weight is 363 g/mol. The Labute approximate surface area is 148 Å². The molecule has 0 aliphatic carbocycles. The summed E-state index contributed by atoms with van der Waals surface area (Å²) in [6.07, 6.45) is 6.31. The second kappa shape index (κ2) is 8.76. The van der Waals surface area contributed by atoms with Crippen molar-refractivity contribution in [2.45, 2.75) is 37.9 Å². The number of nitrogens with two attached hydrogens (primary N) is 1. The maximum Gasteiger partial charge on any atom is 0.325 e. The molecule has 0 saturated heterocycles. The van der Waals surface area contributed by atoms with Crippen molar-refractivity contribution >= 4 is 17.8 Å². The maximum atomic E-state index is 12.4. The first-order valence-electron chi connectivity index (χ1n) is 7.90. The first-order valence-corrected chi connectivity index (χ1v) is 7.90. The third kappa shape index (κ3) is 5.41. The maximum absolute atomic E-state index is 12.4. The molecular formula is C15H21N7O4. The number of imidazole rings is 2. The lowest BCUT2D eigenvalue weighted by molar-refractivity contribution is -0.141. The predicted molar refractivity (Wildman–Crippen MR) is 89.7 cm³/mol. The monoisotopic (exact) mass is 363 g/mol. The molecule has 7 N–H and O–H groups in total. The van der Waals surface area contributed by atoms with Gasteiger partial charge in [0.1, 0.15) is 12.1 Å². The molecule has 0 saturated carbocycles. The van der Waals surface area contributed by atoms with Crippen molar-refractivity contribution in [1.29, 1.82) is 0 Å². The van der Waals surface area contributed by atoms with Crippen molar-refractivity contribution in [3.63, 3.8) is 0 Å². The first kappa shape index (κ1) is 19.1. The number of aromatic amines is 2. The molecule has 2 aromatic heterocycles. The normalized spacial score (nSPS) is 14.2. The van der Waals surface area contributed by atoms with Crippen LogP contribution in [0.15, 0.2) is 25.0 Å². The van der Waals surface area contributed by atoms with Gasteiger partial charge in [-0.15, -0.1) is 0 Å². The molecule has 0 aliphatic heterocycles. The van der Waals surface area contributed by atoms with E-state index >= 15 is 0 Å². The highest BCUT2D eigenvalue weighted by Gasteiger charge is 2.27. The molecule has 0 aromatic carbocycles. The third-order valence-electron chi connectivity index (χ3n) is 3.67. The van der Waals surface area contributed by atoms with Crippen LogP contribution in [0.1, 0.15) is 18.3 Å². The van der Waals surface area contributed by atoms with Crippen LogP contribution >= 0.6 is 0 Å². The highest BCUT2D eigenvalue weighted by molar-refractivity contribution is 5.91. The molecule has 0 bridgehead atoms. The predicted octanol–water partition coefficient (Wildman–Crippen LogP) is -1.68. The second-order valence-electron chi connectivity index (χ2n) is 5.80. The quantitative estimate of drug-likeness (QED) is 0.308. The number of amides is 2. The minimum atomic E-state index is -1.18. The van der Waals surface area contributed by atoms with Gasteiger partial charge in [-0.25, -0.2) is 9.97 Å². The number of hydrogen-bond donors (Lipinski definition) is 6. The van der Waals surface area contributed by atoms with E-state index in [0.717, 1.165) is 0 Å². The van der Waals surface area contributed by atoms with Gasteiger partial charge in [0.2, 0.25) is 11.8 Å². The standard InChI is InChI=1S/C15H21N7O4/c1-8(15(25)26)21-14(24)12(3-10-5-18-7-20-10)22-13(23)11(16)2-9-4-17-6-19-9/h4-8,11-12H,2-3,16H2,1H3,(H,17,19)(H,18,20)(H,21,24)(H,22,23)(H,25,26). The highest BCUT2D eigenvalue weighted by atomic mass is 16.4. The van der Waals surface area contributed by atoms with Gasteiger partial charge < -0.3 is 31.4 Å². The number of nitrogens with one attached hydrogen (secondary N) is 4. The highest BCUT2D eigenvalue weighted by Crippen LogP contribution is 2.02. The lowest BCUT2D eigenvalue weighted by atomic mass is 10.1. The molecule has 3 atom stereocenters. The number of hydrogen-bond acceptors (Lipinski definition) is 6. The topological polar surface area (TPSA) is 179 Å². The van der Waals surface area contributed by atoms with E-state index in [9.17, 15) is 14.4 Å². The Balaban J connectivity index is 2.03. The van der Waals surface area contributed by atoms with Crippen LogP contribution in [0.25, 0.3) is 0 Å². The summed E-state index contributed by atoms with van der Waals surface area (Å²) in [5.41, 5.74) is 7.16. The molecule has 11 nitrogen and oxygen atoms in total. The molecule has 26 heavy (non-hydrogen) atoms. The Bertz CT molecular complexity index is 729. The van der Waals surface area contributed by atoms with Gasteiger partial charge in [0, 0.05) is 36.6 Å². The zero-order chi connectivity index (χ0) is 19.1. The van der Waals surface area contributed by atoms with Crippen molar-refractivity contribution in [2.24, 2.45) is 5.73 Å². The molecule has 2 rings (SSSR count). The van der Waals surface area contributed by atoms with Gasteiger partial charge in [-0.2, -0.15) is 0 Å². The number of H-pyrrole nitrogens is 2. The van der Waals surface area contributed by atoms with E-state index < -0.39 is 35.9 Å². The number of carboxylic acid groups (broad SMARTS) is 1. The Morgan fingerprint density at radius 2 is 1.65 bits per heavy atom. The van der Waals surface area contributed by atoms with E-state index in [2.05, 4.69) is 30.6 Å². The van der Waals surface area contributed by atoms with Crippen LogP contribution in [0.4, 0.5) is 0 Å². The molecule has 0 spiro atoms. The van der Waals surface area contributed by atoms with E-state index in [1.165, 1.54) is 25.8 Å². The van der Waals surface area contributed by atoms with E-state index in [0.29, 0.717) is 11.4 Å². The van der Waals surface area contributed by atoms with Crippen LogP contribution in [0.3, 0.4) is 0 Å². The summed E-state index contributed by atoms with van der Waals surface area (Å²) in [4.78, 5) is 49.0. The Morgan fingerprint density at radius 1 is 1.08 bits per heavy atom. The fraction of sp³-hybridized carbons (Fsp3) is 0.400. The lowest BCUT2D eigenvalue weighted by Crippen LogP contribution is -2.55. The van der Waals surface area contributed by atoms with Gasteiger partial charge in [-0.1, -0.05) is 0 Å². The molecule has 2 amide bonds. The number of carbonyl (C=O) groups is 3. The number of rotatable bonds is 9. The van der Waals surface area contributed by atoms with Crippen molar-refractivity contribution in [2.75, 3.05) is 0 Å². The molecular weight excluding hydrogens is 342 g/mol. The van der Waals surface area contributed by atoms with Gasteiger partial charge in [-0.05, 0) is 6.92 Å². The second-order valence-corrected chi connectivity index (χ2v) is 5.80. The Kier molecular flexibility index (Phi) is 6.44. The minimum absolute atomic E-state index is 0.112. The van der Waals surface area contributed by atoms with Crippen LogP contribution < -0.4 is 16.4 Å². The first-order chi connectivity index (χ1) is 12.4. The van der Waals surface area contributed by atoms with E-state index in [-0.39, 0.29) is 12.8 Å². The fourth-order valence-corrected chi connectivity index (χ4v) is 2.21. The largest absolute Gasteiger partial charge is 0.480 e. The number of aromatic nitrogens is 4. The molecule has 0 radical (unpaired) electrons. The molecule has 0 aliphatic rings. The summed E-state index contributed by atoms with van der Waals surface area (Å²) in [5, 5.41) is 13.8. The van der Waals surface area contributed by atoms with E-state index in [1.54, 1.807) is 6.20 Å². The molecule has 11 heteroatoms. The molecule has 2 heterocycles. The van der Waals surface area contributed by atoms with Gasteiger partial charge in [0.05, 0.1) is 18.7 Å². The molecule has 2 aromatic rings. The summed E-state index contributed by atoms with van der Waals surface area (Å²) in [6, 6.07) is -3.00. The van der Waals surface area contributed by atoms with Crippen LogP contribution in [0, 0.1) is 0 Å². The third-order valence-corrected chi connectivity index (χ3v) is 3.67. The summed E-state index contributed by atoms with van der Waals surface area (Å²) in [7, 11) is 0. The molecule has 3 unspecified atom stereocenters. The van der Waals surface area contributed by atoms with Gasteiger partial charge >= 0.3 is 5.97 Å². The van der Waals surface area contributed by atoms with Gasteiger partial charge in [-0.3, -0.25) is 14.4 Å². The summed E-state index contributed by atoms with van der Waals surface area (Å²) in [6.45, 7) is 1.33. The molecule has 140 valence electrons. The Morgan fingerprint density at radius 3 is 2.15 bits per heavy atom. The van der Waals surface area contributed by atoms with Crippen molar-refractivity contribution in [3.05, 3.63) is 36.4 Å². The number of carbonyl (C=O) groups excluding carboxylic acids is 2. The average Bonchev–Trinajstić information content (AvgIpc) is 3.27. The zero-order valence-corrected chi connectivity index (χ0v) is 14.1. The molecule has 0 fully saturated rings. The van der Waals surface area contributed by atoms with Gasteiger partial charge in [0.25, 0.3) is 0 Å². The van der Waals surface area contributed by atoms with Crippen LogP contribution in [-0.4, -0.2) is 61.0 Å². The number of carboxylic acids is 1. The number of nitrogens with zero attached hydrogens (tertiary/aromatic N) is 2. The van der Waals surface area contributed by atoms with Crippen LogP contribution in [-0.2, 0) is 27.2 Å². The SMILES string of the molecule is CC(NC(=O)C(Cc1cnc[nH]1)NC(=O)C(N)Cc1cnc[nH]1)C(=O)O. The Hall–Kier alpha value is -3.21. The fourth-order valence-electron chi connectivity index (χ4n) is 2.21. The summed E-state index contributed by atoms with van der Waals surface area (Å²) < 4.78 is 0. The van der Waals surface area contributed by atoms with Crippen molar-refractivity contribution in [1.82, 2.24) is 30.6 Å². The lowest BCUT2D eigenvalue weighted by Gasteiger charge is -2.21. The van der Waals surface area contributed by atoms with E-state index in [4.69, 9.17) is 10.8 Å². The zero-order valence-electron chi connectivity index (χ0n) is 14.1. The van der Waals surface area contributed by atoms with Crippen molar-refractivity contribution < 1.29 is 19.5 Å². The summed E-state index contributed by atoms with van der Waals surface area (Å²) in [5.74, 6) is -2.35. The van der Waals surface area contributed by atoms with Crippen molar-refractivity contribution in [3.8, 4) is 0 Å². The summed E-state index contributed by atoms with van der Waals surface area (Å²) >= 11 is 0. The van der Waals surface area contributed by atoms with Gasteiger partial charge in [0.15, 0.2) is 0 Å². The minimum Gasteiger partial charge on any atom is -0.480 e. The van der Waals surface area contributed by atoms with Crippen LogP contribution in [0.5, 0.6) is 0 Å². The van der Waals surface area contributed by atoms with E-state index in [1.807, 2.05) is 0 Å². The number of aliphatic carboxylic acids is 1. The van der Waals surface area contributed by atoms with Crippen LogP contribution in [0.2, 0.25) is 0 Å².